The molecule has 3 heteroatoms. The second kappa shape index (κ2) is 5.72. The van der Waals surface area contributed by atoms with Gasteiger partial charge in [0.25, 0.3) is 0 Å². The maximum atomic E-state index is 5.52. The maximum Gasteiger partial charge on any atom is 0.122 e. The molecular formula is C15H23NO2. The molecule has 0 saturated carbocycles. The minimum atomic E-state index is 0.161. The van der Waals surface area contributed by atoms with Gasteiger partial charge < -0.3 is 14.8 Å². The van der Waals surface area contributed by atoms with Crippen molar-refractivity contribution < 1.29 is 9.47 Å². The van der Waals surface area contributed by atoms with E-state index in [2.05, 4.69) is 30.4 Å². The molecule has 1 saturated heterocycles. The summed E-state index contributed by atoms with van der Waals surface area (Å²) in [4.78, 5) is 0. The Morgan fingerprint density at radius 3 is 2.72 bits per heavy atom. The van der Waals surface area contributed by atoms with Crippen LogP contribution in [-0.2, 0) is 10.2 Å². The molecule has 100 valence electrons. The van der Waals surface area contributed by atoms with Gasteiger partial charge in [0.1, 0.15) is 5.75 Å². The standard InChI is InChI=1S/C15H23NO2/c1-12-5-6-14(17-3)13(9-12)15(10-18-11-15)7-4-8-16-2/h5-6,9,16H,4,7-8,10-11H2,1-3H3. The van der Waals surface area contributed by atoms with Gasteiger partial charge in [0.2, 0.25) is 0 Å². The van der Waals surface area contributed by atoms with Crippen molar-refractivity contribution in [1.29, 1.82) is 0 Å². The van der Waals surface area contributed by atoms with Gasteiger partial charge in [0, 0.05) is 11.0 Å². The lowest BCUT2D eigenvalue weighted by Gasteiger charge is -2.43. The molecule has 0 aliphatic carbocycles. The molecule has 1 N–H and O–H groups in total. The fourth-order valence-electron chi connectivity index (χ4n) is 2.62. The Balaban J connectivity index is 2.23. The first-order chi connectivity index (χ1) is 8.72. The fourth-order valence-corrected chi connectivity index (χ4v) is 2.62. The largest absolute Gasteiger partial charge is 0.496 e. The lowest BCUT2D eigenvalue weighted by Crippen LogP contribution is -2.47. The van der Waals surface area contributed by atoms with Crippen molar-refractivity contribution in [3.05, 3.63) is 29.3 Å². The van der Waals surface area contributed by atoms with Crippen molar-refractivity contribution in [2.45, 2.75) is 25.2 Å². The van der Waals surface area contributed by atoms with Gasteiger partial charge in [-0.1, -0.05) is 17.7 Å². The van der Waals surface area contributed by atoms with Gasteiger partial charge in [-0.2, -0.15) is 0 Å². The van der Waals surface area contributed by atoms with Crippen LogP contribution in [0, 0.1) is 6.92 Å². The number of hydrogen-bond donors (Lipinski definition) is 1. The predicted molar refractivity (Wildman–Crippen MR) is 73.4 cm³/mol. The highest BCUT2D eigenvalue weighted by Crippen LogP contribution is 2.41. The van der Waals surface area contributed by atoms with Crippen LogP contribution in [0.2, 0.25) is 0 Å². The van der Waals surface area contributed by atoms with Gasteiger partial charge in [-0.05, 0) is 39.4 Å². The van der Waals surface area contributed by atoms with Crippen LogP contribution in [-0.4, -0.2) is 33.9 Å². The van der Waals surface area contributed by atoms with Crippen LogP contribution >= 0.6 is 0 Å². The second-order valence-corrected chi connectivity index (χ2v) is 5.18. The SMILES string of the molecule is CNCCCC1(c2cc(C)ccc2OC)COC1. The van der Waals surface area contributed by atoms with Crippen molar-refractivity contribution in [2.75, 3.05) is 33.9 Å². The van der Waals surface area contributed by atoms with E-state index in [-0.39, 0.29) is 5.41 Å². The Morgan fingerprint density at radius 2 is 2.17 bits per heavy atom. The van der Waals surface area contributed by atoms with Crippen LogP contribution in [0.5, 0.6) is 5.75 Å². The van der Waals surface area contributed by atoms with E-state index >= 15 is 0 Å². The molecule has 1 aromatic carbocycles. The molecule has 1 fully saturated rings. The van der Waals surface area contributed by atoms with E-state index in [4.69, 9.17) is 9.47 Å². The summed E-state index contributed by atoms with van der Waals surface area (Å²) in [5, 5.41) is 3.21. The monoisotopic (exact) mass is 249 g/mol. The molecule has 0 spiro atoms. The zero-order chi connectivity index (χ0) is 13.0. The maximum absolute atomic E-state index is 5.52. The topological polar surface area (TPSA) is 30.5 Å². The third-order valence-corrected chi connectivity index (χ3v) is 3.77. The first-order valence-corrected chi connectivity index (χ1v) is 6.59. The van der Waals surface area contributed by atoms with Gasteiger partial charge in [-0.25, -0.2) is 0 Å². The molecule has 1 aromatic rings. The van der Waals surface area contributed by atoms with Gasteiger partial charge in [-0.15, -0.1) is 0 Å². The van der Waals surface area contributed by atoms with E-state index in [9.17, 15) is 0 Å². The number of nitrogens with one attached hydrogen (secondary N) is 1. The van der Waals surface area contributed by atoms with Crippen molar-refractivity contribution >= 4 is 0 Å². The highest BCUT2D eigenvalue weighted by atomic mass is 16.5. The average Bonchev–Trinajstić information content (AvgIpc) is 2.33. The molecule has 3 nitrogen and oxygen atoms in total. The van der Waals surface area contributed by atoms with E-state index in [1.165, 1.54) is 11.1 Å². The minimum Gasteiger partial charge on any atom is -0.496 e. The zero-order valence-electron chi connectivity index (χ0n) is 11.6. The molecule has 18 heavy (non-hydrogen) atoms. The number of hydrogen-bond acceptors (Lipinski definition) is 3. The predicted octanol–water partition coefficient (Wildman–Crippen LogP) is 2.27. The second-order valence-electron chi connectivity index (χ2n) is 5.18. The van der Waals surface area contributed by atoms with Crippen LogP contribution in [0.4, 0.5) is 0 Å². The molecule has 0 aromatic heterocycles. The minimum absolute atomic E-state index is 0.161. The van der Waals surface area contributed by atoms with Crippen LogP contribution < -0.4 is 10.1 Å². The molecule has 1 aliphatic rings. The van der Waals surface area contributed by atoms with Gasteiger partial charge >= 0.3 is 0 Å². The fraction of sp³-hybridized carbons (Fsp3) is 0.600. The summed E-state index contributed by atoms with van der Waals surface area (Å²) in [5.74, 6) is 0.994. The van der Waals surface area contributed by atoms with Gasteiger partial charge in [-0.3, -0.25) is 0 Å². The number of rotatable bonds is 6. The normalized spacial score (nSPS) is 17.3. The smallest absolute Gasteiger partial charge is 0.122 e. The summed E-state index contributed by atoms with van der Waals surface area (Å²) >= 11 is 0. The molecule has 0 radical (unpaired) electrons. The average molecular weight is 249 g/mol. The third kappa shape index (κ3) is 2.52. The number of aryl methyl sites for hydroxylation is 1. The zero-order valence-corrected chi connectivity index (χ0v) is 11.6. The first-order valence-electron chi connectivity index (χ1n) is 6.59. The molecular weight excluding hydrogens is 226 g/mol. The van der Waals surface area contributed by atoms with Crippen LogP contribution in [0.15, 0.2) is 18.2 Å². The highest BCUT2D eigenvalue weighted by Gasteiger charge is 2.41. The van der Waals surface area contributed by atoms with Crippen molar-refractivity contribution in [1.82, 2.24) is 5.32 Å². The Hall–Kier alpha value is -1.06. The number of ether oxygens (including phenoxy) is 2. The summed E-state index contributed by atoms with van der Waals surface area (Å²) in [6.45, 7) is 4.81. The van der Waals surface area contributed by atoms with E-state index in [1.54, 1.807) is 7.11 Å². The Kier molecular flexibility index (Phi) is 4.25. The Labute approximate surface area is 109 Å². The molecule has 0 atom stereocenters. The summed E-state index contributed by atoms with van der Waals surface area (Å²) in [7, 11) is 3.74. The lowest BCUT2D eigenvalue weighted by molar-refractivity contribution is -0.0659. The molecule has 0 bridgehead atoms. The highest BCUT2D eigenvalue weighted by molar-refractivity contribution is 5.43. The number of benzene rings is 1. The molecule has 0 unspecified atom stereocenters. The van der Waals surface area contributed by atoms with Crippen molar-refractivity contribution in [3.8, 4) is 5.75 Å². The molecule has 1 aliphatic heterocycles. The quantitative estimate of drug-likeness (QED) is 0.785. The molecule has 2 rings (SSSR count). The first kappa shape index (κ1) is 13.4. The summed E-state index contributed by atoms with van der Waals surface area (Å²) in [6, 6.07) is 6.42. The summed E-state index contributed by atoms with van der Waals surface area (Å²) < 4.78 is 11.0. The van der Waals surface area contributed by atoms with Crippen LogP contribution in [0.1, 0.15) is 24.0 Å². The van der Waals surface area contributed by atoms with Gasteiger partial charge in [0.05, 0.1) is 20.3 Å². The lowest BCUT2D eigenvalue weighted by atomic mass is 9.74. The van der Waals surface area contributed by atoms with E-state index < -0.39 is 0 Å². The van der Waals surface area contributed by atoms with Gasteiger partial charge in [0.15, 0.2) is 0 Å². The van der Waals surface area contributed by atoms with Crippen molar-refractivity contribution in [2.24, 2.45) is 0 Å². The summed E-state index contributed by atoms with van der Waals surface area (Å²) in [5.41, 5.74) is 2.76. The molecule has 0 amide bonds. The van der Waals surface area contributed by atoms with Crippen LogP contribution in [0.25, 0.3) is 0 Å². The Morgan fingerprint density at radius 1 is 1.39 bits per heavy atom. The van der Waals surface area contributed by atoms with Crippen LogP contribution in [0.3, 0.4) is 0 Å². The van der Waals surface area contributed by atoms with Crippen molar-refractivity contribution in [3.63, 3.8) is 0 Å². The van der Waals surface area contributed by atoms with E-state index in [0.717, 1.165) is 38.3 Å². The van der Waals surface area contributed by atoms with E-state index in [1.807, 2.05) is 7.05 Å². The Bertz CT molecular complexity index is 399. The molecule has 1 heterocycles. The summed E-state index contributed by atoms with van der Waals surface area (Å²) in [6.07, 6.45) is 2.31. The third-order valence-electron chi connectivity index (χ3n) is 3.77. The number of methoxy groups -OCH3 is 1. The van der Waals surface area contributed by atoms with E-state index in [0.29, 0.717) is 0 Å².